The molecule has 0 aliphatic carbocycles. The molecule has 132 valence electrons. The summed E-state index contributed by atoms with van der Waals surface area (Å²) in [6.07, 6.45) is 1.94. The van der Waals surface area contributed by atoms with Gasteiger partial charge in [0.1, 0.15) is 6.33 Å². The van der Waals surface area contributed by atoms with Crippen molar-refractivity contribution in [3.05, 3.63) is 51.3 Å². The van der Waals surface area contributed by atoms with Crippen molar-refractivity contribution in [3.63, 3.8) is 0 Å². The Bertz CT molecular complexity index is 768. The zero-order valence-electron chi connectivity index (χ0n) is 13.6. The molecule has 0 radical (unpaired) electrons. The molecule has 0 saturated carbocycles. The van der Waals surface area contributed by atoms with E-state index in [1.807, 2.05) is 13.8 Å². The molecule has 9 nitrogen and oxygen atoms in total. The summed E-state index contributed by atoms with van der Waals surface area (Å²) < 4.78 is 0. The zero-order valence-corrected chi connectivity index (χ0v) is 14.4. The Morgan fingerprint density at radius 3 is 2.52 bits per heavy atom. The largest absolute Gasteiger partial charge is 0.362 e. The first-order chi connectivity index (χ1) is 11.9. The predicted molar refractivity (Wildman–Crippen MR) is 94.6 cm³/mol. The van der Waals surface area contributed by atoms with Crippen LogP contribution < -0.4 is 16.2 Å². The number of halogens is 1. The highest BCUT2D eigenvalue weighted by Crippen LogP contribution is 2.29. The van der Waals surface area contributed by atoms with Gasteiger partial charge in [0.25, 0.3) is 5.91 Å². The monoisotopic (exact) mass is 364 g/mol. The highest BCUT2D eigenvalue weighted by molar-refractivity contribution is 6.30. The molecule has 0 fully saturated rings. The topological polar surface area (TPSA) is 122 Å². The van der Waals surface area contributed by atoms with Crippen LogP contribution in [0.3, 0.4) is 0 Å². The van der Waals surface area contributed by atoms with E-state index in [9.17, 15) is 14.9 Å². The Morgan fingerprint density at radius 2 is 1.92 bits per heavy atom. The Balaban J connectivity index is 2.18. The summed E-state index contributed by atoms with van der Waals surface area (Å²) in [5, 5.41) is 14.8. The molecule has 1 aromatic carbocycles. The van der Waals surface area contributed by atoms with E-state index < -0.39 is 10.8 Å². The fraction of sp³-hybridized carbons (Fsp3) is 0.267. The molecule has 0 aliphatic heterocycles. The first-order valence-corrected chi connectivity index (χ1v) is 7.88. The fourth-order valence-corrected chi connectivity index (χ4v) is 2.00. The van der Waals surface area contributed by atoms with Gasteiger partial charge in [-0.1, -0.05) is 18.5 Å². The van der Waals surface area contributed by atoms with Crippen molar-refractivity contribution in [1.82, 2.24) is 15.4 Å². The lowest BCUT2D eigenvalue weighted by Crippen LogP contribution is -2.30. The van der Waals surface area contributed by atoms with Crippen molar-refractivity contribution in [2.75, 3.05) is 10.7 Å². The van der Waals surface area contributed by atoms with Crippen LogP contribution in [-0.4, -0.2) is 26.8 Å². The van der Waals surface area contributed by atoms with Crippen LogP contribution in [0.5, 0.6) is 0 Å². The van der Waals surface area contributed by atoms with Crippen molar-refractivity contribution in [2.45, 2.75) is 26.3 Å². The molecule has 3 N–H and O–H groups in total. The van der Waals surface area contributed by atoms with Gasteiger partial charge in [0, 0.05) is 16.6 Å². The number of amides is 1. The first kappa shape index (κ1) is 18.4. The maximum atomic E-state index is 12.1. The van der Waals surface area contributed by atoms with Gasteiger partial charge in [-0.2, -0.15) is 0 Å². The Kier molecular flexibility index (Phi) is 6.07. The number of anilines is 2. The smallest absolute Gasteiger partial charge is 0.354 e. The molecule has 0 spiro atoms. The average molecular weight is 365 g/mol. The quantitative estimate of drug-likeness (QED) is 0.509. The number of hydrogen-bond acceptors (Lipinski definition) is 7. The van der Waals surface area contributed by atoms with E-state index >= 15 is 0 Å². The van der Waals surface area contributed by atoms with E-state index in [2.05, 4.69) is 26.1 Å². The van der Waals surface area contributed by atoms with Crippen LogP contribution in [0.25, 0.3) is 0 Å². The summed E-state index contributed by atoms with van der Waals surface area (Å²) in [5.74, 6) is -0.522. The maximum Gasteiger partial charge on any atom is 0.354 e. The highest BCUT2D eigenvalue weighted by atomic mass is 35.5. The van der Waals surface area contributed by atoms with Crippen LogP contribution >= 0.6 is 11.6 Å². The molecule has 0 saturated heterocycles. The minimum Gasteiger partial charge on any atom is -0.362 e. The lowest BCUT2D eigenvalue weighted by Gasteiger charge is -2.14. The molecule has 25 heavy (non-hydrogen) atoms. The average Bonchev–Trinajstić information content (AvgIpc) is 2.59. The number of hydrogen-bond donors (Lipinski definition) is 3. The van der Waals surface area contributed by atoms with Gasteiger partial charge in [-0.3, -0.25) is 25.8 Å². The van der Waals surface area contributed by atoms with E-state index in [-0.39, 0.29) is 23.4 Å². The molecule has 10 heteroatoms. The van der Waals surface area contributed by atoms with Crippen molar-refractivity contribution in [1.29, 1.82) is 0 Å². The normalized spacial score (nSPS) is 11.5. The standard InChI is InChI=1S/C15H17ClN6O3/c1-3-9(2)19-13-12(22(24)25)14(18-8-17-13)20-21-15(23)10-4-6-11(16)7-5-10/h4-9H,3H2,1-2H3,(H,21,23)(H2,17,18,19,20). The fourth-order valence-electron chi connectivity index (χ4n) is 1.87. The molecule has 2 aromatic rings. The van der Waals surface area contributed by atoms with E-state index in [1.165, 1.54) is 18.5 Å². The molecule has 1 unspecified atom stereocenters. The number of nitro groups is 1. The van der Waals surface area contributed by atoms with Gasteiger partial charge >= 0.3 is 5.69 Å². The van der Waals surface area contributed by atoms with Gasteiger partial charge in [-0.25, -0.2) is 9.97 Å². The summed E-state index contributed by atoms with van der Waals surface area (Å²) in [4.78, 5) is 30.6. The van der Waals surface area contributed by atoms with Gasteiger partial charge < -0.3 is 5.32 Å². The third-order valence-electron chi connectivity index (χ3n) is 3.40. The molecular weight excluding hydrogens is 348 g/mol. The van der Waals surface area contributed by atoms with Crippen LogP contribution in [0.2, 0.25) is 5.02 Å². The number of nitrogens with zero attached hydrogens (tertiary/aromatic N) is 3. The van der Waals surface area contributed by atoms with Crippen LogP contribution in [0, 0.1) is 10.1 Å². The van der Waals surface area contributed by atoms with E-state index in [0.29, 0.717) is 10.6 Å². The zero-order chi connectivity index (χ0) is 18.4. The molecule has 0 bridgehead atoms. The number of nitrogens with one attached hydrogen (secondary N) is 3. The Hall–Kier alpha value is -2.94. The van der Waals surface area contributed by atoms with Crippen molar-refractivity contribution in [3.8, 4) is 0 Å². The van der Waals surface area contributed by atoms with Gasteiger partial charge in [0.05, 0.1) is 4.92 Å². The summed E-state index contributed by atoms with van der Waals surface area (Å²) in [6, 6.07) is 6.19. The molecule has 2 rings (SSSR count). The molecule has 1 amide bonds. The first-order valence-electron chi connectivity index (χ1n) is 7.50. The number of rotatable bonds is 7. The van der Waals surface area contributed by atoms with E-state index in [1.54, 1.807) is 12.1 Å². The van der Waals surface area contributed by atoms with Crippen LogP contribution in [-0.2, 0) is 0 Å². The number of carbonyl (C=O) groups is 1. The minimum atomic E-state index is -0.610. The predicted octanol–water partition coefficient (Wildman–Crippen LogP) is 3.01. The molecule has 1 aromatic heterocycles. The summed E-state index contributed by atoms with van der Waals surface area (Å²) >= 11 is 5.77. The third kappa shape index (κ3) is 4.77. The second-order valence-corrected chi connectivity index (χ2v) is 5.65. The molecule has 1 heterocycles. The second-order valence-electron chi connectivity index (χ2n) is 5.22. The van der Waals surface area contributed by atoms with Gasteiger partial charge in [-0.05, 0) is 37.6 Å². The van der Waals surface area contributed by atoms with Crippen molar-refractivity contribution in [2.24, 2.45) is 0 Å². The second kappa shape index (κ2) is 8.25. The molecule has 0 aliphatic rings. The van der Waals surface area contributed by atoms with E-state index in [4.69, 9.17) is 11.6 Å². The lowest BCUT2D eigenvalue weighted by atomic mass is 10.2. The van der Waals surface area contributed by atoms with Crippen molar-refractivity contribution >= 4 is 34.8 Å². The number of aromatic nitrogens is 2. The number of carbonyl (C=O) groups excluding carboxylic acids is 1. The van der Waals surface area contributed by atoms with Gasteiger partial charge in [0.2, 0.25) is 11.6 Å². The Labute approximate surface area is 148 Å². The van der Waals surface area contributed by atoms with Crippen LogP contribution in [0.1, 0.15) is 30.6 Å². The molecule has 1 atom stereocenters. The van der Waals surface area contributed by atoms with Gasteiger partial charge in [0.15, 0.2) is 0 Å². The third-order valence-corrected chi connectivity index (χ3v) is 3.65. The summed E-state index contributed by atoms with van der Waals surface area (Å²) in [5.41, 5.74) is 4.84. The lowest BCUT2D eigenvalue weighted by molar-refractivity contribution is -0.383. The Morgan fingerprint density at radius 1 is 1.28 bits per heavy atom. The SMILES string of the molecule is CCC(C)Nc1ncnc(NNC(=O)c2ccc(Cl)cc2)c1[N+](=O)[O-]. The highest BCUT2D eigenvalue weighted by Gasteiger charge is 2.24. The van der Waals surface area contributed by atoms with E-state index in [0.717, 1.165) is 6.42 Å². The number of hydrazine groups is 1. The maximum absolute atomic E-state index is 12.1. The molecular formula is C15H17ClN6O3. The number of benzene rings is 1. The van der Waals surface area contributed by atoms with Crippen LogP contribution in [0.4, 0.5) is 17.3 Å². The summed E-state index contributed by atoms with van der Waals surface area (Å²) in [6.45, 7) is 3.82. The minimum absolute atomic E-state index is 0.00916. The van der Waals surface area contributed by atoms with Crippen LogP contribution in [0.15, 0.2) is 30.6 Å². The summed E-state index contributed by atoms with van der Waals surface area (Å²) in [7, 11) is 0. The van der Waals surface area contributed by atoms with Gasteiger partial charge in [-0.15, -0.1) is 0 Å². The van der Waals surface area contributed by atoms with Crippen molar-refractivity contribution < 1.29 is 9.72 Å².